The average Bonchev–Trinajstić information content (AvgIpc) is 3.37. The van der Waals surface area contributed by atoms with Crippen molar-refractivity contribution in [1.29, 1.82) is 0 Å². The summed E-state index contributed by atoms with van der Waals surface area (Å²) in [6.45, 7) is 0. The van der Waals surface area contributed by atoms with Crippen molar-refractivity contribution in [2.24, 2.45) is 5.10 Å². The Morgan fingerprint density at radius 2 is 1.94 bits per heavy atom. The topological polar surface area (TPSA) is 92.0 Å². The fourth-order valence-electron chi connectivity index (χ4n) is 3.38. The molecule has 1 aliphatic rings. The number of furan rings is 1. The first-order valence-electron chi connectivity index (χ1n) is 9.19. The highest BCUT2D eigenvalue weighted by Gasteiger charge is 2.37. The molecule has 3 aromatic rings. The van der Waals surface area contributed by atoms with Gasteiger partial charge in [0.1, 0.15) is 5.82 Å². The summed E-state index contributed by atoms with van der Waals surface area (Å²) in [5.74, 6) is -1.01. The van der Waals surface area contributed by atoms with Crippen LogP contribution in [0.2, 0.25) is 5.02 Å². The lowest BCUT2D eigenvalue weighted by molar-refractivity contribution is 0.0676. The van der Waals surface area contributed by atoms with Gasteiger partial charge in [-0.25, -0.2) is 17.8 Å². The highest BCUT2D eigenvalue weighted by atomic mass is 35.5. The van der Waals surface area contributed by atoms with E-state index < -0.39 is 27.8 Å². The zero-order valence-corrected chi connectivity index (χ0v) is 17.8. The second-order valence-corrected chi connectivity index (χ2v) is 9.14. The fourth-order valence-corrected chi connectivity index (χ4v) is 4.24. The van der Waals surface area contributed by atoms with Crippen molar-refractivity contribution in [2.45, 2.75) is 12.5 Å². The van der Waals surface area contributed by atoms with Crippen molar-refractivity contribution in [3.05, 3.63) is 88.6 Å². The lowest BCUT2D eigenvalue weighted by atomic mass is 9.97. The van der Waals surface area contributed by atoms with E-state index in [-0.39, 0.29) is 22.8 Å². The van der Waals surface area contributed by atoms with Crippen LogP contribution in [0.15, 0.2) is 70.4 Å². The number of hydrogen-bond acceptors (Lipinski definition) is 5. The molecule has 0 aliphatic carbocycles. The molecule has 2 heterocycles. The molecule has 1 aromatic heterocycles. The second kappa shape index (κ2) is 8.16. The summed E-state index contributed by atoms with van der Waals surface area (Å²) in [6, 6.07) is 13.1. The monoisotopic (exact) mass is 461 g/mol. The minimum atomic E-state index is -3.41. The molecule has 31 heavy (non-hydrogen) atoms. The van der Waals surface area contributed by atoms with Crippen LogP contribution in [0.5, 0.6) is 0 Å². The SMILES string of the molecule is CS(=O)(=O)Nc1ccc(C2=NN(C(=O)c3ccco3)C(c3c(F)cccc3Cl)C2)cc1. The zero-order valence-electron chi connectivity index (χ0n) is 16.2. The molecule has 1 unspecified atom stereocenters. The zero-order chi connectivity index (χ0) is 22.2. The van der Waals surface area contributed by atoms with E-state index in [0.717, 1.165) is 6.26 Å². The molecular formula is C21H17ClFN3O4S. The van der Waals surface area contributed by atoms with Crippen LogP contribution >= 0.6 is 11.6 Å². The number of benzene rings is 2. The van der Waals surface area contributed by atoms with E-state index in [0.29, 0.717) is 17.0 Å². The highest BCUT2D eigenvalue weighted by Crippen LogP contribution is 2.38. The summed E-state index contributed by atoms with van der Waals surface area (Å²) >= 11 is 6.26. The Bertz CT molecular complexity index is 1240. The maximum Gasteiger partial charge on any atom is 0.310 e. The van der Waals surface area contributed by atoms with Gasteiger partial charge < -0.3 is 4.42 Å². The Balaban J connectivity index is 1.71. The fraction of sp³-hybridized carbons (Fsp3) is 0.143. The maximum atomic E-state index is 14.7. The second-order valence-electron chi connectivity index (χ2n) is 6.98. The minimum Gasteiger partial charge on any atom is -0.459 e. The lowest BCUT2D eigenvalue weighted by Crippen LogP contribution is -2.27. The van der Waals surface area contributed by atoms with E-state index in [1.807, 2.05) is 0 Å². The molecule has 160 valence electrons. The van der Waals surface area contributed by atoms with Gasteiger partial charge in [0.15, 0.2) is 5.76 Å². The van der Waals surface area contributed by atoms with Crippen LogP contribution in [0.25, 0.3) is 0 Å². The molecule has 0 saturated heterocycles. The molecule has 2 aromatic carbocycles. The number of nitrogens with one attached hydrogen (secondary N) is 1. The summed E-state index contributed by atoms with van der Waals surface area (Å²) < 4.78 is 45.0. The van der Waals surface area contributed by atoms with Gasteiger partial charge in [-0.2, -0.15) is 5.10 Å². The predicted octanol–water partition coefficient (Wildman–Crippen LogP) is 4.44. The van der Waals surface area contributed by atoms with Gasteiger partial charge >= 0.3 is 5.91 Å². The van der Waals surface area contributed by atoms with E-state index in [9.17, 15) is 17.6 Å². The molecule has 1 atom stereocenters. The van der Waals surface area contributed by atoms with E-state index in [2.05, 4.69) is 9.82 Å². The Morgan fingerprint density at radius 1 is 1.19 bits per heavy atom. The minimum absolute atomic E-state index is 0.0650. The number of amides is 1. The van der Waals surface area contributed by atoms with Crippen LogP contribution in [0.4, 0.5) is 10.1 Å². The first-order chi connectivity index (χ1) is 14.7. The standard InChI is InChI=1S/C21H17ClFN3O4S/c1-31(28,29)25-14-9-7-13(8-10-14)17-12-18(20-15(22)4-2-5-16(20)23)26(24-17)21(27)19-6-3-11-30-19/h2-11,18,25H,12H2,1H3. The predicted molar refractivity (Wildman–Crippen MR) is 115 cm³/mol. The number of carbonyl (C=O) groups excluding carboxylic acids is 1. The number of hydrogen-bond donors (Lipinski definition) is 1. The van der Waals surface area contributed by atoms with E-state index in [1.165, 1.54) is 29.5 Å². The number of carbonyl (C=O) groups is 1. The molecule has 0 radical (unpaired) electrons. The van der Waals surface area contributed by atoms with E-state index >= 15 is 0 Å². The third kappa shape index (κ3) is 4.47. The van der Waals surface area contributed by atoms with Crippen LogP contribution < -0.4 is 4.72 Å². The highest BCUT2D eigenvalue weighted by molar-refractivity contribution is 7.92. The molecule has 1 N–H and O–H groups in total. The summed E-state index contributed by atoms with van der Waals surface area (Å²) in [7, 11) is -3.41. The summed E-state index contributed by atoms with van der Waals surface area (Å²) in [4.78, 5) is 13.0. The third-order valence-electron chi connectivity index (χ3n) is 4.70. The molecular weight excluding hydrogens is 445 g/mol. The van der Waals surface area contributed by atoms with Crippen molar-refractivity contribution in [3.8, 4) is 0 Å². The van der Waals surface area contributed by atoms with Gasteiger partial charge in [-0.3, -0.25) is 9.52 Å². The molecule has 10 heteroatoms. The van der Waals surface area contributed by atoms with Crippen molar-refractivity contribution in [3.63, 3.8) is 0 Å². The first kappa shape index (κ1) is 21.1. The Morgan fingerprint density at radius 3 is 2.55 bits per heavy atom. The molecule has 1 amide bonds. The van der Waals surface area contributed by atoms with Crippen LogP contribution in [0, 0.1) is 5.82 Å². The Kier molecular flexibility index (Phi) is 5.55. The molecule has 0 bridgehead atoms. The normalized spacial score (nSPS) is 16.3. The van der Waals surface area contributed by atoms with Crippen molar-refractivity contribution in [2.75, 3.05) is 11.0 Å². The maximum absolute atomic E-state index is 14.7. The third-order valence-corrected chi connectivity index (χ3v) is 5.64. The summed E-state index contributed by atoms with van der Waals surface area (Å²) in [6.07, 6.45) is 2.64. The number of rotatable bonds is 5. The molecule has 7 nitrogen and oxygen atoms in total. The number of halogens is 2. The smallest absolute Gasteiger partial charge is 0.310 e. The van der Waals surface area contributed by atoms with Crippen molar-refractivity contribution in [1.82, 2.24) is 5.01 Å². The largest absolute Gasteiger partial charge is 0.459 e. The van der Waals surface area contributed by atoms with Gasteiger partial charge in [-0.05, 0) is 42.0 Å². The van der Waals surface area contributed by atoms with Gasteiger partial charge in [0.05, 0.1) is 24.3 Å². The summed E-state index contributed by atoms with van der Waals surface area (Å²) in [5.41, 5.74) is 1.74. The van der Waals surface area contributed by atoms with Crippen molar-refractivity contribution < 1.29 is 22.0 Å². The van der Waals surface area contributed by atoms with Gasteiger partial charge in [0, 0.05) is 22.7 Å². The molecule has 1 aliphatic heterocycles. The van der Waals surface area contributed by atoms with Crippen molar-refractivity contribution >= 4 is 38.9 Å². The Hall–Kier alpha value is -3.17. The molecule has 0 fully saturated rings. The van der Waals surface area contributed by atoms with Crippen LogP contribution in [0.3, 0.4) is 0 Å². The number of anilines is 1. The molecule has 4 rings (SSSR count). The number of nitrogens with zero attached hydrogens (tertiary/aromatic N) is 2. The average molecular weight is 462 g/mol. The summed E-state index contributed by atoms with van der Waals surface area (Å²) in [5, 5.41) is 5.79. The van der Waals surface area contributed by atoms with E-state index in [1.54, 1.807) is 36.4 Å². The Labute approximate surface area is 183 Å². The number of sulfonamides is 1. The van der Waals surface area contributed by atoms with Crippen LogP contribution in [0.1, 0.15) is 34.1 Å². The molecule has 0 spiro atoms. The first-order valence-corrected chi connectivity index (χ1v) is 11.5. The van der Waals surface area contributed by atoms with Gasteiger partial charge in [0.2, 0.25) is 10.0 Å². The number of hydrazone groups is 1. The van der Waals surface area contributed by atoms with E-state index in [4.69, 9.17) is 16.0 Å². The molecule has 0 saturated carbocycles. The van der Waals surface area contributed by atoms with Gasteiger partial charge in [-0.15, -0.1) is 0 Å². The van der Waals surface area contributed by atoms with Crippen LogP contribution in [-0.4, -0.2) is 31.3 Å². The van der Waals surface area contributed by atoms with Crippen LogP contribution in [-0.2, 0) is 10.0 Å². The lowest BCUT2D eigenvalue weighted by Gasteiger charge is -2.22. The van der Waals surface area contributed by atoms with Gasteiger partial charge in [0.25, 0.3) is 0 Å². The van der Waals surface area contributed by atoms with Gasteiger partial charge in [-0.1, -0.05) is 29.8 Å². The quantitative estimate of drug-likeness (QED) is 0.608.